The largest absolute Gasteiger partial charge is 1.00 e. The van der Waals surface area contributed by atoms with Gasteiger partial charge in [0, 0.05) is 25.5 Å². The molecule has 0 aliphatic heterocycles. The standard InChI is InChI=1S/C13H13FN2O2.C11H9FN2O2.Li.H2O/c1-2-18-13(17)12-8-16(9-15-12)7-10-4-3-5-11(14)6-10;12-9-3-1-2-8(4-9)5-14-6-10(11(15)16)13-7-14;;/h3-6,8-9H,2,7H2,1H3;1-4,6-7H,5H2,(H,15,16);;1H2/q;;+1;/p-1. The number of aromatic nitrogens is 4. The molecule has 4 aromatic rings. The van der Waals surface area contributed by atoms with Crippen LogP contribution >= 0.6 is 0 Å². The van der Waals surface area contributed by atoms with Crippen molar-refractivity contribution in [1.29, 1.82) is 0 Å². The van der Waals surface area contributed by atoms with Crippen LogP contribution in [0.4, 0.5) is 8.78 Å². The topological polar surface area (TPSA) is 129 Å². The summed E-state index contributed by atoms with van der Waals surface area (Å²) in [4.78, 5) is 29.6. The maximum Gasteiger partial charge on any atom is 1.00 e. The van der Waals surface area contributed by atoms with Gasteiger partial charge in [-0.1, -0.05) is 24.3 Å². The Hall–Kier alpha value is -3.78. The number of imidazole rings is 2. The predicted octanol–water partition coefficient (Wildman–Crippen LogP) is 0.843. The van der Waals surface area contributed by atoms with Crippen LogP contribution < -0.4 is 18.9 Å². The summed E-state index contributed by atoms with van der Waals surface area (Å²) in [5.41, 5.74) is 1.81. The molecule has 184 valence electrons. The number of ether oxygens (including phenoxy) is 1. The third kappa shape index (κ3) is 9.11. The minimum Gasteiger partial charge on any atom is -0.870 e. The smallest absolute Gasteiger partial charge is 0.870 e. The van der Waals surface area contributed by atoms with Crippen molar-refractivity contribution < 1.29 is 52.6 Å². The first-order chi connectivity index (χ1) is 16.3. The van der Waals surface area contributed by atoms with Crippen LogP contribution in [-0.2, 0) is 17.8 Å². The summed E-state index contributed by atoms with van der Waals surface area (Å²) in [5.74, 6) is -2.11. The van der Waals surface area contributed by atoms with Crippen LogP contribution in [0.25, 0.3) is 0 Å². The van der Waals surface area contributed by atoms with Crippen LogP contribution in [0.2, 0.25) is 0 Å². The third-order valence-electron chi connectivity index (χ3n) is 4.48. The number of benzene rings is 2. The monoisotopic (exact) mass is 492 g/mol. The van der Waals surface area contributed by atoms with Gasteiger partial charge in [0.15, 0.2) is 11.4 Å². The fraction of sp³-hybridized carbons (Fsp3) is 0.167. The van der Waals surface area contributed by atoms with E-state index < -0.39 is 11.9 Å². The summed E-state index contributed by atoms with van der Waals surface area (Å²) in [6.07, 6.45) is 5.93. The number of carboxylic acids is 1. The Morgan fingerprint density at radius 1 is 0.889 bits per heavy atom. The molecule has 0 unspecified atom stereocenters. The second-order valence-corrected chi connectivity index (χ2v) is 7.15. The summed E-state index contributed by atoms with van der Waals surface area (Å²) >= 11 is 0. The summed E-state index contributed by atoms with van der Waals surface area (Å²) in [6, 6.07) is 12.4. The second kappa shape index (κ2) is 14.6. The van der Waals surface area contributed by atoms with E-state index in [9.17, 15) is 18.4 Å². The molecule has 0 saturated heterocycles. The Morgan fingerprint density at radius 3 is 1.78 bits per heavy atom. The molecule has 0 aliphatic rings. The van der Waals surface area contributed by atoms with Gasteiger partial charge in [0.05, 0.1) is 19.3 Å². The van der Waals surface area contributed by atoms with Gasteiger partial charge in [-0.05, 0) is 42.3 Å². The minimum atomic E-state index is -1.07. The zero-order valence-corrected chi connectivity index (χ0v) is 19.7. The Balaban J connectivity index is 0.000000343. The molecule has 9 nitrogen and oxygen atoms in total. The van der Waals surface area contributed by atoms with Crippen molar-refractivity contribution in [3.05, 3.63) is 108 Å². The molecule has 36 heavy (non-hydrogen) atoms. The molecular weight excluding hydrogens is 469 g/mol. The van der Waals surface area contributed by atoms with Gasteiger partial charge < -0.3 is 24.5 Å². The molecule has 0 amide bonds. The fourth-order valence-electron chi connectivity index (χ4n) is 3.01. The molecule has 2 heterocycles. The number of carbonyl (C=O) groups is 2. The molecule has 12 heteroatoms. The first kappa shape index (κ1) is 30.2. The molecular formula is C24H23F2LiN4O5. The van der Waals surface area contributed by atoms with Gasteiger partial charge in [0.2, 0.25) is 0 Å². The third-order valence-corrected chi connectivity index (χ3v) is 4.48. The van der Waals surface area contributed by atoms with Gasteiger partial charge in [0.25, 0.3) is 0 Å². The quantitative estimate of drug-likeness (QED) is 0.299. The number of nitrogens with zero attached hydrogens (tertiary/aromatic N) is 4. The molecule has 0 atom stereocenters. The van der Waals surface area contributed by atoms with Crippen molar-refractivity contribution in [2.75, 3.05) is 6.61 Å². The number of aromatic carboxylic acids is 1. The number of carbonyl (C=O) groups excluding carboxylic acids is 1. The van der Waals surface area contributed by atoms with Crippen LogP contribution in [0, 0.1) is 11.6 Å². The van der Waals surface area contributed by atoms with E-state index in [2.05, 4.69) is 9.97 Å². The van der Waals surface area contributed by atoms with Crippen LogP contribution in [0.1, 0.15) is 39.0 Å². The van der Waals surface area contributed by atoms with E-state index in [0.29, 0.717) is 19.7 Å². The summed E-state index contributed by atoms with van der Waals surface area (Å²) in [6.45, 7) is 2.92. The zero-order chi connectivity index (χ0) is 24.5. The molecule has 0 saturated carbocycles. The number of hydrogen-bond donors (Lipinski definition) is 1. The van der Waals surface area contributed by atoms with E-state index in [4.69, 9.17) is 9.84 Å². The molecule has 0 spiro atoms. The fourth-order valence-corrected chi connectivity index (χ4v) is 3.01. The van der Waals surface area contributed by atoms with Gasteiger partial charge in [-0.3, -0.25) is 0 Å². The number of rotatable bonds is 7. The van der Waals surface area contributed by atoms with E-state index >= 15 is 0 Å². The first-order valence-electron chi connectivity index (χ1n) is 10.3. The number of carboxylic acid groups (broad SMARTS) is 1. The normalized spacial score (nSPS) is 9.75. The molecule has 0 radical (unpaired) electrons. The van der Waals surface area contributed by atoms with E-state index in [0.717, 1.165) is 11.1 Å². The molecule has 2 N–H and O–H groups in total. The average Bonchev–Trinajstić information content (AvgIpc) is 3.45. The van der Waals surface area contributed by atoms with Gasteiger partial charge in [-0.2, -0.15) is 0 Å². The maximum atomic E-state index is 13.0. The zero-order valence-electron chi connectivity index (χ0n) is 19.7. The van der Waals surface area contributed by atoms with Crippen molar-refractivity contribution in [2.45, 2.75) is 20.0 Å². The second-order valence-electron chi connectivity index (χ2n) is 7.15. The van der Waals surface area contributed by atoms with Crippen molar-refractivity contribution in [1.82, 2.24) is 19.1 Å². The van der Waals surface area contributed by atoms with E-state index in [1.54, 1.807) is 40.5 Å². The van der Waals surface area contributed by atoms with Crippen LogP contribution in [0.5, 0.6) is 0 Å². The van der Waals surface area contributed by atoms with Crippen LogP contribution in [-0.4, -0.2) is 48.2 Å². The number of halogens is 2. The predicted molar refractivity (Wildman–Crippen MR) is 120 cm³/mol. The summed E-state index contributed by atoms with van der Waals surface area (Å²) in [7, 11) is 0. The van der Waals surface area contributed by atoms with Crippen LogP contribution in [0.15, 0.2) is 73.6 Å². The molecule has 0 bridgehead atoms. The van der Waals surface area contributed by atoms with Gasteiger partial charge in [-0.25, -0.2) is 28.3 Å². The Labute approximate surface area is 217 Å². The van der Waals surface area contributed by atoms with E-state index in [1.165, 1.54) is 43.1 Å². The Morgan fingerprint density at radius 2 is 1.36 bits per heavy atom. The van der Waals surface area contributed by atoms with Gasteiger partial charge in [-0.15, -0.1) is 0 Å². The first-order valence-corrected chi connectivity index (χ1v) is 10.3. The Bertz CT molecular complexity index is 1280. The number of esters is 1. The summed E-state index contributed by atoms with van der Waals surface area (Å²) in [5, 5.41) is 8.67. The van der Waals surface area contributed by atoms with Crippen molar-refractivity contribution in [3.8, 4) is 0 Å². The van der Waals surface area contributed by atoms with Gasteiger partial charge >= 0.3 is 30.8 Å². The van der Waals surface area contributed by atoms with Crippen LogP contribution in [0.3, 0.4) is 0 Å². The molecule has 2 aromatic carbocycles. The minimum absolute atomic E-state index is 0. The average molecular weight is 492 g/mol. The Kier molecular flexibility index (Phi) is 12.2. The molecule has 0 aliphatic carbocycles. The van der Waals surface area contributed by atoms with Crippen molar-refractivity contribution in [3.63, 3.8) is 0 Å². The van der Waals surface area contributed by atoms with Gasteiger partial charge in [0.1, 0.15) is 11.6 Å². The molecule has 2 aromatic heterocycles. The van der Waals surface area contributed by atoms with Crippen molar-refractivity contribution in [2.24, 2.45) is 0 Å². The summed E-state index contributed by atoms with van der Waals surface area (Å²) < 4.78 is 34.0. The van der Waals surface area contributed by atoms with E-state index in [-0.39, 0.29) is 47.4 Å². The number of hydrogen-bond acceptors (Lipinski definition) is 6. The molecule has 4 rings (SSSR count). The molecule has 0 fully saturated rings. The SMILES string of the molecule is CCOC(=O)c1cn(Cc2cccc(F)c2)cn1.O=C(O)c1cn(Cc2cccc(F)c2)cn1.[Li+].[OH-]. The van der Waals surface area contributed by atoms with E-state index in [1.807, 2.05) is 6.07 Å². The maximum absolute atomic E-state index is 13.0. The van der Waals surface area contributed by atoms with Crippen molar-refractivity contribution >= 4 is 11.9 Å².